The maximum absolute atomic E-state index is 13.6. The smallest absolute Gasteiger partial charge is 0.243 e. The molecule has 0 aliphatic rings. The van der Waals surface area contributed by atoms with E-state index in [1.54, 1.807) is 0 Å². The number of nitrogens with one attached hydrogen (secondary N) is 1. The van der Waals surface area contributed by atoms with Crippen LogP contribution < -0.4 is 10.5 Å². The molecule has 0 heterocycles. The Bertz CT molecular complexity index is 521. The van der Waals surface area contributed by atoms with Crippen molar-refractivity contribution in [2.45, 2.75) is 17.9 Å². The van der Waals surface area contributed by atoms with E-state index >= 15 is 0 Å². The summed E-state index contributed by atoms with van der Waals surface area (Å²) in [5.41, 5.74) is 5.57. The Morgan fingerprint density at radius 2 is 2.18 bits per heavy atom. The lowest BCUT2D eigenvalue weighted by atomic mass is 10.3. The Labute approximate surface area is 107 Å². The van der Waals surface area contributed by atoms with Crippen LogP contribution >= 0.6 is 15.9 Å². The predicted molar refractivity (Wildman–Crippen MR) is 65.4 cm³/mol. The van der Waals surface area contributed by atoms with Crippen LogP contribution in [0.15, 0.2) is 21.5 Å². The number of halogens is 2. The largest absolute Gasteiger partial charge is 0.399 e. The van der Waals surface area contributed by atoms with Crippen molar-refractivity contribution in [1.82, 2.24) is 4.72 Å². The van der Waals surface area contributed by atoms with E-state index in [9.17, 15) is 12.8 Å². The lowest BCUT2D eigenvalue weighted by Gasteiger charge is -2.13. The molecule has 0 saturated heterocycles. The Kier molecular flexibility index (Phi) is 4.48. The van der Waals surface area contributed by atoms with Crippen LogP contribution in [0.5, 0.6) is 0 Å². The minimum absolute atomic E-state index is 0.0328. The molecular formula is C9H12BrFN2O3S. The van der Waals surface area contributed by atoms with Crippen LogP contribution in [0.1, 0.15) is 6.92 Å². The van der Waals surface area contributed by atoms with Gasteiger partial charge in [0.25, 0.3) is 0 Å². The van der Waals surface area contributed by atoms with Gasteiger partial charge in [-0.1, -0.05) is 0 Å². The first-order chi connectivity index (χ1) is 7.77. The average molecular weight is 327 g/mol. The van der Waals surface area contributed by atoms with Gasteiger partial charge in [0.2, 0.25) is 10.0 Å². The van der Waals surface area contributed by atoms with E-state index in [2.05, 4.69) is 20.7 Å². The molecule has 1 aromatic rings. The van der Waals surface area contributed by atoms with E-state index in [4.69, 9.17) is 10.8 Å². The van der Waals surface area contributed by atoms with Gasteiger partial charge in [0, 0.05) is 11.7 Å². The summed E-state index contributed by atoms with van der Waals surface area (Å²) in [7, 11) is -4.04. The molecule has 0 unspecified atom stereocenters. The number of anilines is 1. The summed E-state index contributed by atoms with van der Waals surface area (Å²) in [4.78, 5) is -0.551. The van der Waals surface area contributed by atoms with Crippen molar-refractivity contribution >= 4 is 31.6 Å². The second kappa shape index (κ2) is 5.30. The maximum Gasteiger partial charge on any atom is 0.243 e. The van der Waals surface area contributed by atoms with Gasteiger partial charge in [0.05, 0.1) is 11.1 Å². The highest BCUT2D eigenvalue weighted by molar-refractivity contribution is 9.10. The number of aliphatic hydroxyl groups is 1. The van der Waals surface area contributed by atoms with Crippen LogP contribution in [-0.4, -0.2) is 26.2 Å². The lowest BCUT2D eigenvalue weighted by Crippen LogP contribution is -2.35. The number of benzene rings is 1. The van der Waals surface area contributed by atoms with E-state index in [0.29, 0.717) is 0 Å². The molecule has 0 fully saturated rings. The standard InChI is InChI=1S/C9H12BrFN2O3S/c1-5(4-14)13-17(15,16)8-3-6(12)2-7(10)9(8)11/h2-3,5,13-14H,4,12H2,1H3/t5-/m0/s1. The summed E-state index contributed by atoms with van der Waals surface area (Å²) in [6.07, 6.45) is 0. The van der Waals surface area contributed by atoms with E-state index < -0.39 is 26.8 Å². The van der Waals surface area contributed by atoms with Gasteiger partial charge in [-0.2, -0.15) is 0 Å². The van der Waals surface area contributed by atoms with E-state index in [1.807, 2.05) is 0 Å². The molecule has 4 N–H and O–H groups in total. The molecule has 1 atom stereocenters. The average Bonchev–Trinajstić information content (AvgIpc) is 2.22. The van der Waals surface area contributed by atoms with Crippen LogP contribution in [0, 0.1) is 5.82 Å². The fraction of sp³-hybridized carbons (Fsp3) is 0.333. The summed E-state index contributed by atoms with van der Waals surface area (Å²) < 4.78 is 39.3. The van der Waals surface area contributed by atoms with Gasteiger partial charge in [0.15, 0.2) is 5.82 Å². The topological polar surface area (TPSA) is 92.4 Å². The molecule has 5 nitrogen and oxygen atoms in total. The molecule has 1 aromatic carbocycles. The highest BCUT2D eigenvalue weighted by Crippen LogP contribution is 2.26. The Balaban J connectivity index is 3.24. The number of nitrogens with two attached hydrogens (primary N) is 1. The fourth-order valence-corrected chi connectivity index (χ4v) is 3.12. The van der Waals surface area contributed by atoms with E-state index in [1.165, 1.54) is 13.0 Å². The van der Waals surface area contributed by atoms with Crippen molar-refractivity contribution in [3.05, 3.63) is 22.4 Å². The number of rotatable bonds is 4. The van der Waals surface area contributed by atoms with Crippen LogP contribution in [0.2, 0.25) is 0 Å². The first kappa shape index (κ1) is 14.4. The van der Waals surface area contributed by atoms with Gasteiger partial charge >= 0.3 is 0 Å². The van der Waals surface area contributed by atoms with E-state index in [-0.39, 0.29) is 16.8 Å². The first-order valence-electron chi connectivity index (χ1n) is 4.65. The molecule has 96 valence electrons. The predicted octanol–water partition coefficient (Wildman–Crippen LogP) is 0.829. The van der Waals surface area contributed by atoms with Crippen LogP contribution in [0.25, 0.3) is 0 Å². The molecule has 0 saturated carbocycles. The lowest BCUT2D eigenvalue weighted by molar-refractivity contribution is 0.265. The molecule has 17 heavy (non-hydrogen) atoms. The molecule has 0 amide bonds. The zero-order valence-electron chi connectivity index (χ0n) is 8.94. The van der Waals surface area contributed by atoms with Crippen molar-refractivity contribution in [1.29, 1.82) is 0 Å². The van der Waals surface area contributed by atoms with Gasteiger partial charge in [-0.05, 0) is 35.0 Å². The van der Waals surface area contributed by atoms with E-state index in [0.717, 1.165) is 6.07 Å². The molecule has 0 bridgehead atoms. The molecule has 0 aliphatic carbocycles. The third kappa shape index (κ3) is 3.38. The first-order valence-corrected chi connectivity index (χ1v) is 6.93. The van der Waals surface area contributed by atoms with Crippen LogP contribution in [0.4, 0.5) is 10.1 Å². The summed E-state index contributed by atoms with van der Waals surface area (Å²) in [5.74, 6) is -0.920. The summed E-state index contributed by atoms with van der Waals surface area (Å²) in [6.45, 7) is 1.07. The van der Waals surface area contributed by atoms with Gasteiger partial charge in [-0.3, -0.25) is 0 Å². The summed E-state index contributed by atoms with van der Waals surface area (Å²) in [6, 6.07) is 1.58. The van der Waals surface area contributed by atoms with Gasteiger partial charge < -0.3 is 10.8 Å². The molecule has 0 aromatic heterocycles. The normalized spacial score (nSPS) is 13.6. The number of aliphatic hydroxyl groups excluding tert-OH is 1. The maximum atomic E-state index is 13.6. The Morgan fingerprint density at radius 3 is 2.71 bits per heavy atom. The van der Waals surface area contributed by atoms with Crippen molar-refractivity contribution < 1.29 is 17.9 Å². The minimum Gasteiger partial charge on any atom is -0.399 e. The monoisotopic (exact) mass is 326 g/mol. The second-order valence-corrected chi connectivity index (χ2v) is 6.06. The molecular weight excluding hydrogens is 315 g/mol. The van der Waals surface area contributed by atoms with Gasteiger partial charge in [-0.15, -0.1) is 0 Å². The quantitative estimate of drug-likeness (QED) is 0.714. The number of sulfonamides is 1. The number of hydrogen-bond acceptors (Lipinski definition) is 4. The van der Waals surface area contributed by atoms with Gasteiger partial charge in [-0.25, -0.2) is 17.5 Å². The SMILES string of the molecule is C[C@@H](CO)NS(=O)(=O)c1cc(N)cc(Br)c1F. The molecule has 0 spiro atoms. The zero-order valence-corrected chi connectivity index (χ0v) is 11.3. The van der Waals surface area contributed by atoms with Crippen LogP contribution in [0.3, 0.4) is 0 Å². The van der Waals surface area contributed by atoms with Gasteiger partial charge in [0.1, 0.15) is 4.90 Å². The van der Waals surface area contributed by atoms with Crippen molar-refractivity contribution in [3.63, 3.8) is 0 Å². The molecule has 0 aliphatic heterocycles. The zero-order chi connectivity index (χ0) is 13.2. The van der Waals surface area contributed by atoms with Crippen molar-refractivity contribution in [2.75, 3.05) is 12.3 Å². The number of nitrogen functional groups attached to an aromatic ring is 1. The molecule has 8 heteroatoms. The third-order valence-corrected chi connectivity index (χ3v) is 4.10. The van der Waals surface area contributed by atoms with Crippen molar-refractivity contribution in [3.8, 4) is 0 Å². The Morgan fingerprint density at radius 1 is 1.59 bits per heavy atom. The second-order valence-electron chi connectivity index (χ2n) is 3.52. The molecule has 1 rings (SSSR count). The minimum atomic E-state index is -4.04. The van der Waals surface area contributed by atoms with Crippen molar-refractivity contribution in [2.24, 2.45) is 0 Å². The number of hydrogen-bond donors (Lipinski definition) is 3. The summed E-state index contributed by atoms with van der Waals surface area (Å²) >= 11 is 2.88. The fourth-order valence-electron chi connectivity index (χ4n) is 1.14. The highest BCUT2D eigenvalue weighted by Gasteiger charge is 2.23. The van der Waals surface area contributed by atoms with Crippen LogP contribution in [-0.2, 0) is 10.0 Å². The molecule has 0 radical (unpaired) electrons. The summed E-state index contributed by atoms with van der Waals surface area (Å²) in [5, 5.41) is 8.77. The highest BCUT2D eigenvalue weighted by atomic mass is 79.9. The Hall–Kier alpha value is -0.700. The third-order valence-electron chi connectivity index (χ3n) is 1.94.